The van der Waals surface area contributed by atoms with Crippen LogP contribution in [-0.2, 0) is 4.79 Å². The molecule has 3 atom stereocenters. The molecule has 2 rings (SSSR count). The normalized spacial score (nSPS) is 35.4. The summed E-state index contributed by atoms with van der Waals surface area (Å²) in [6, 6.07) is 1.04. The summed E-state index contributed by atoms with van der Waals surface area (Å²) in [6.07, 6.45) is 6.91. The fraction of sp³-hybridized carbons (Fsp3) is 0.923. The summed E-state index contributed by atoms with van der Waals surface area (Å²) in [7, 11) is 0. The molecular weight excluding hydrogens is 200 g/mol. The molecule has 2 heterocycles. The van der Waals surface area contributed by atoms with Crippen LogP contribution in [0.15, 0.2) is 0 Å². The first kappa shape index (κ1) is 11.9. The molecule has 2 aliphatic heterocycles. The van der Waals surface area contributed by atoms with Crippen molar-refractivity contribution >= 4 is 5.91 Å². The lowest BCUT2D eigenvalue weighted by atomic mass is 10.0. The summed E-state index contributed by atoms with van der Waals surface area (Å²) in [6.45, 7) is 5.39. The topological polar surface area (TPSA) is 32.3 Å². The number of nitrogens with zero attached hydrogens (tertiary/aromatic N) is 1. The molecule has 92 valence electrons. The molecule has 3 nitrogen and oxygen atoms in total. The van der Waals surface area contributed by atoms with Crippen LogP contribution in [0.2, 0.25) is 0 Å². The largest absolute Gasteiger partial charge is 0.336 e. The average molecular weight is 224 g/mol. The van der Waals surface area contributed by atoms with Crippen molar-refractivity contribution in [2.75, 3.05) is 6.54 Å². The van der Waals surface area contributed by atoms with E-state index in [9.17, 15) is 4.79 Å². The van der Waals surface area contributed by atoms with Gasteiger partial charge in [-0.05, 0) is 45.6 Å². The van der Waals surface area contributed by atoms with Gasteiger partial charge in [0.1, 0.15) is 0 Å². The van der Waals surface area contributed by atoms with Gasteiger partial charge in [0, 0.05) is 12.1 Å². The molecule has 3 heteroatoms. The van der Waals surface area contributed by atoms with Gasteiger partial charge in [-0.25, -0.2) is 0 Å². The molecule has 2 aliphatic rings. The molecule has 2 fully saturated rings. The average Bonchev–Trinajstić information content (AvgIpc) is 2.70. The van der Waals surface area contributed by atoms with E-state index in [0.717, 1.165) is 19.4 Å². The van der Waals surface area contributed by atoms with Crippen molar-refractivity contribution in [2.45, 2.75) is 70.5 Å². The van der Waals surface area contributed by atoms with E-state index in [0.29, 0.717) is 18.0 Å². The van der Waals surface area contributed by atoms with Crippen molar-refractivity contribution in [2.24, 2.45) is 0 Å². The van der Waals surface area contributed by atoms with E-state index in [1.807, 2.05) is 0 Å². The van der Waals surface area contributed by atoms with E-state index < -0.39 is 0 Å². The lowest BCUT2D eigenvalue weighted by Gasteiger charge is -2.33. The molecule has 0 aromatic heterocycles. The Hall–Kier alpha value is -0.570. The second-order valence-electron chi connectivity index (χ2n) is 5.24. The van der Waals surface area contributed by atoms with Gasteiger partial charge in [0.15, 0.2) is 0 Å². The van der Waals surface area contributed by atoms with Gasteiger partial charge in [-0.3, -0.25) is 4.79 Å². The van der Waals surface area contributed by atoms with Crippen LogP contribution in [0.25, 0.3) is 0 Å². The first-order valence-electron chi connectivity index (χ1n) is 6.79. The molecule has 0 saturated carbocycles. The van der Waals surface area contributed by atoms with Crippen molar-refractivity contribution in [1.82, 2.24) is 10.2 Å². The zero-order valence-electron chi connectivity index (χ0n) is 10.5. The first-order valence-corrected chi connectivity index (χ1v) is 6.79. The van der Waals surface area contributed by atoms with Crippen LogP contribution in [0.3, 0.4) is 0 Å². The van der Waals surface area contributed by atoms with Gasteiger partial charge in [0.2, 0.25) is 5.91 Å². The smallest absolute Gasteiger partial charge is 0.240 e. The summed E-state index contributed by atoms with van der Waals surface area (Å²) in [5.74, 6) is 0.358. The van der Waals surface area contributed by atoms with Gasteiger partial charge < -0.3 is 10.2 Å². The van der Waals surface area contributed by atoms with Crippen LogP contribution in [0.4, 0.5) is 0 Å². The Morgan fingerprint density at radius 3 is 2.75 bits per heavy atom. The number of carbonyl (C=O) groups excluding carboxylic acids is 1. The fourth-order valence-corrected chi connectivity index (χ4v) is 3.11. The summed E-state index contributed by atoms with van der Waals surface area (Å²) < 4.78 is 0. The molecular formula is C13H24N2O. The third-order valence-electron chi connectivity index (χ3n) is 4.12. The van der Waals surface area contributed by atoms with E-state index in [4.69, 9.17) is 0 Å². The molecule has 3 unspecified atom stereocenters. The number of nitrogens with one attached hydrogen (secondary N) is 1. The maximum atomic E-state index is 12.4. The van der Waals surface area contributed by atoms with E-state index in [2.05, 4.69) is 24.1 Å². The van der Waals surface area contributed by atoms with Crippen molar-refractivity contribution in [3.05, 3.63) is 0 Å². The van der Waals surface area contributed by atoms with Gasteiger partial charge in [-0.15, -0.1) is 0 Å². The number of amides is 1. The molecule has 1 N–H and O–H groups in total. The Bertz CT molecular complexity index is 248. The number of hydrogen-bond donors (Lipinski definition) is 1. The second-order valence-corrected chi connectivity index (χ2v) is 5.24. The van der Waals surface area contributed by atoms with E-state index in [1.54, 1.807) is 0 Å². The van der Waals surface area contributed by atoms with E-state index >= 15 is 0 Å². The number of hydrogen-bond acceptors (Lipinski definition) is 2. The third kappa shape index (κ3) is 2.24. The Morgan fingerprint density at radius 2 is 2.12 bits per heavy atom. The summed E-state index contributed by atoms with van der Waals surface area (Å²) >= 11 is 0. The second kappa shape index (κ2) is 5.17. The summed E-state index contributed by atoms with van der Waals surface area (Å²) in [5.41, 5.74) is 0. The van der Waals surface area contributed by atoms with Gasteiger partial charge in [0.05, 0.1) is 6.04 Å². The molecule has 2 saturated heterocycles. The minimum Gasteiger partial charge on any atom is -0.336 e. The highest BCUT2D eigenvalue weighted by Gasteiger charge is 2.36. The van der Waals surface area contributed by atoms with Crippen LogP contribution >= 0.6 is 0 Å². The predicted octanol–water partition coefficient (Wildman–Crippen LogP) is 1.92. The van der Waals surface area contributed by atoms with Gasteiger partial charge in [0.25, 0.3) is 0 Å². The SMILES string of the molecule is CCC1CCC(C)N1C(=O)C1CCCCN1. The monoisotopic (exact) mass is 224 g/mol. The van der Waals surface area contributed by atoms with Gasteiger partial charge in [-0.1, -0.05) is 13.3 Å². The quantitative estimate of drug-likeness (QED) is 0.777. The maximum Gasteiger partial charge on any atom is 0.240 e. The van der Waals surface area contributed by atoms with Crippen molar-refractivity contribution in [3.8, 4) is 0 Å². The molecule has 1 amide bonds. The minimum atomic E-state index is 0.100. The van der Waals surface area contributed by atoms with Crippen molar-refractivity contribution in [1.29, 1.82) is 0 Å². The van der Waals surface area contributed by atoms with E-state index in [-0.39, 0.29) is 6.04 Å². The van der Waals surface area contributed by atoms with E-state index in [1.165, 1.54) is 25.7 Å². The lowest BCUT2D eigenvalue weighted by Crippen LogP contribution is -2.51. The standard InChI is InChI=1S/C13H24N2O/c1-3-11-8-7-10(2)15(11)13(16)12-6-4-5-9-14-12/h10-12,14H,3-9H2,1-2H3. The zero-order chi connectivity index (χ0) is 11.5. The summed E-state index contributed by atoms with van der Waals surface area (Å²) in [4.78, 5) is 14.6. The number of piperidine rings is 1. The highest BCUT2D eigenvalue weighted by molar-refractivity contribution is 5.82. The minimum absolute atomic E-state index is 0.100. The van der Waals surface area contributed by atoms with Crippen LogP contribution in [0.5, 0.6) is 0 Å². The third-order valence-corrected chi connectivity index (χ3v) is 4.12. The molecule has 0 aromatic carbocycles. The summed E-state index contributed by atoms with van der Waals surface area (Å²) in [5, 5.41) is 3.37. The maximum absolute atomic E-state index is 12.4. The Balaban J connectivity index is 2.01. The molecule has 0 spiro atoms. The highest BCUT2D eigenvalue weighted by atomic mass is 16.2. The van der Waals surface area contributed by atoms with Crippen molar-refractivity contribution in [3.63, 3.8) is 0 Å². The molecule has 0 bridgehead atoms. The number of carbonyl (C=O) groups is 1. The molecule has 0 radical (unpaired) electrons. The molecule has 0 aliphatic carbocycles. The van der Waals surface area contributed by atoms with Crippen molar-refractivity contribution < 1.29 is 4.79 Å². The van der Waals surface area contributed by atoms with Crippen LogP contribution in [0.1, 0.15) is 52.4 Å². The number of rotatable bonds is 2. The molecule has 0 aromatic rings. The van der Waals surface area contributed by atoms with Gasteiger partial charge >= 0.3 is 0 Å². The first-order chi connectivity index (χ1) is 7.74. The Morgan fingerprint density at radius 1 is 1.31 bits per heavy atom. The van der Waals surface area contributed by atoms with Gasteiger partial charge in [-0.2, -0.15) is 0 Å². The highest BCUT2D eigenvalue weighted by Crippen LogP contribution is 2.27. The van der Waals surface area contributed by atoms with Crippen LogP contribution in [0, 0.1) is 0 Å². The van der Waals surface area contributed by atoms with Crippen LogP contribution < -0.4 is 5.32 Å². The van der Waals surface area contributed by atoms with Crippen LogP contribution in [-0.4, -0.2) is 35.5 Å². The zero-order valence-corrected chi connectivity index (χ0v) is 10.5. The number of likely N-dealkylation sites (tertiary alicyclic amines) is 1. The fourth-order valence-electron chi connectivity index (χ4n) is 3.11. The predicted molar refractivity (Wildman–Crippen MR) is 65.3 cm³/mol. The Kier molecular flexibility index (Phi) is 3.85. The Labute approximate surface area is 98.6 Å². The lowest BCUT2D eigenvalue weighted by molar-refractivity contribution is -0.136. The molecule has 16 heavy (non-hydrogen) atoms.